The second-order valence-electron chi connectivity index (χ2n) is 5.31. The van der Waals surface area contributed by atoms with Crippen LogP contribution in [0.1, 0.15) is 50.8 Å². The topological polar surface area (TPSA) is 55.9 Å². The van der Waals surface area contributed by atoms with E-state index < -0.39 is 0 Å². The van der Waals surface area contributed by atoms with Gasteiger partial charge in [-0.2, -0.15) is 0 Å². The second kappa shape index (κ2) is 5.65. The van der Waals surface area contributed by atoms with Crippen LogP contribution in [0.4, 0.5) is 0 Å². The first-order valence-corrected chi connectivity index (χ1v) is 6.68. The molecule has 0 amide bonds. The number of nitrogens with one attached hydrogen (secondary N) is 1. The highest BCUT2D eigenvalue weighted by atomic mass is 15.2. The molecule has 0 radical (unpaired) electrons. The Morgan fingerprint density at radius 3 is 3.00 bits per heavy atom. The van der Waals surface area contributed by atoms with Crippen molar-refractivity contribution >= 4 is 0 Å². The molecule has 17 heavy (non-hydrogen) atoms. The van der Waals surface area contributed by atoms with E-state index in [1.165, 1.54) is 32.1 Å². The van der Waals surface area contributed by atoms with Gasteiger partial charge in [0, 0.05) is 13.2 Å². The van der Waals surface area contributed by atoms with Crippen LogP contribution in [-0.4, -0.2) is 9.55 Å². The molecule has 1 fully saturated rings. The third-order valence-corrected chi connectivity index (χ3v) is 4.10. The summed E-state index contributed by atoms with van der Waals surface area (Å²) in [4.78, 5) is 4.43. The summed E-state index contributed by atoms with van der Waals surface area (Å²) in [7, 11) is 2.00. The van der Waals surface area contributed by atoms with Gasteiger partial charge in [0.15, 0.2) is 0 Å². The number of hydrazine groups is 1. The van der Waals surface area contributed by atoms with Crippen LogP contribution in [0.2, 0.25) is 0 Å². The van der Waals surface area contributed by atoms with Crippen molar-refractivity contribution in [1.82, 2.24) is 15.0 Å². The Hall–Kier alpha value is -0.870. The van der Waals surface area contributed by atoms with Gasteiger partial charge >= 0.3 is 0 Å². The number of aryl methyl sites for hydroxylation is 1. The molecule has 0 spiro atoms. The van der Waals surface area contributed by atoms with Crippen LogP contribution in [0.3, 0.4) is 0 Å². The maximum atomic E-state index is 5.73. The van der Waals surface area contributed by atoms with E-state index in [-0.39, 0.29) is 6.04 Å². The van der Waals surface area contributed by atoms with E-state index in [1.807, 2.05) is 17.9 Å². The van der Waals surface area contributed by atoms with Gasteiger partial charge in [0.05, 0.1) is 18.1 Å². The molecule has 0 saturated heterocycles. The van der Waals surface area contributed by atoms with E-state index in [4.69, 9.17) is 5.84 Å². The van der Waals surface area contributed by atoms with Gasteiger partial charge in [-0.3, -0.25) is 11.3 Å². The molecule has 96 valence electrons. The lowest BCUT2D eigenvalue weighted by atomic mass is 9.76. The Kier molecular flexibility index (Phi) is 4.18. The summed E-state index contributed by atoms with van der Waals surface area (Å²) in [5, 5.41) is 0. The van der Waals surface area contributed by atoms with Crippen molar-refractivity contribution in [1.29, 1.82) is 0 Å². The lowest BCUT2D eigenvalue weighted by Crippen LogP contribution is -2.36. The largest absolute Gasteiger partial charge is 0.340 e. The fourth-order valence-electron chi connectivity index (χ4n) is 3.06. The lowest BCUT2D eigenvalue weighted by molar-refractivity contribution is 0.208. The Bertz CT molecular complexity index is 347. The van der Waals surface area contributed by atoms with Crippen LogP contribution in [0, 0.1) is 11.8 Å². The highest BCUT2D eigenvalue weighted by molar-refractivity contribution is 5.05. The van der Waals surface area contributed by atoms with Crippen LogP contribution in [-0.2, 0) is 7.05 Å². The van der Waals surface area contributed by atoms with Gasteiger partial charge in [0.25, 0.3) is 0 Å². The monoisotopic (exact) mass is 236 g/mol. The van der Waals surface area contributed by atoms with E-state index in [0.29, 0.717) is 5.92 Å². The minimum atomic E-state index is 0.213. The number of aromatic nitrogens is 2. The molecule has 2 rings (SSSR count). The first-order chi connectivity index (χ1) is 8.24. The smallest absolute Gasteiger partial charge is 0.0947 e. The van der Waals surface area contributed by atoms with Crippen molar-refractivity contribution in [3.8, 4) is 0 Å². The average molecular weight is 236 g/mol. The van der Waals surface area contributed by atoms with Gasteiger partial charge in [-0.25, -0.2) is 4.98 Å². The first kappa shape index (κ1) is 12.6. The number of nitrogens with zero attached hydrogens (tertiary/aromatic N) is 2. The molecule has 0 aromatic carbocycles. The molecule has 3 unspecified atom stereocenters. The summed E-state index contributed by atoms with van der Waals surface area (Å²) in [6.07, 6.45) is 10.5. The molecule has 1 saturated carbocycles. The second-order valence-corrected chi connectivity index (χ2v) is 5.31. The van der Waals surface area contributed by atoms with Crippen LogP contribution in [0.5, 0.6) is 0 Å². The highest BCUT2D eigenvalue weighted by Gasteiger charge is 2.29. The van der Waals surface area contributed by atoms with Gasteiger partial charge in [0.1, 0.15) is 0 Å². The molecule has 1 aromatic heterocycles. The fraction of sp³-hybridized carbons (Fsp3) is 0.769. The van der Waals surface area contributed by atoms with Gasteiger partial charge < -0.3 is 4.57 Å². The standard InChI is InChI=1S/C13H24N4/c1-3-10-5-4-6-11(7-10)13(16-14)12-8-17(2)9-15-12/h8-11,13,16H,3-7,14H2,1-2H3. The van der Waals surface area contributed by atoms with E-state index in [9.17, 15) is 0 Å². The minimum absolute atomic E-state index is 0.213. The Morgan fingerprint density at radius 2 is 2.41 bits per heavy atom. The lowest BCUT2D eigenvalue weighted by Gasteiger charge is -2.33. The summed E-state index contributed by atoms with van der Waals surface area (Å²) in [5.41, 5.74) is 4.05. The molecule has 0 aliphatic heterocycles. The van der Waals surface area contributed by atoms with E-state index in [0.717, 1.165) is 11.6 Å². The SMILES string of the molecule is CCC1CCCC(C(NN)c2cn(C)cn2)C1. The zero-order valence-electron chi connectivity index (χ0n) is 10.9. The highest BCUT2D eigenvalue weighted by Crippen LogP contribution is 2.37. The van der Waals surface area contributed by atoms with Gasteiger partial charge in [0.2, 0.25) is 0 Å². The van der Waals surface area contributed by atoms with Crippen LogP contribution in [0.15, 0.2) is 12.5 Å². The summed E-state index contributed by atoms with van der Waals surface area (Å²) < 4.78 is 1.99. The molecular weight excluding hydrogens is 212 g/mol. The molecule has 4 nitrogen and oxygen atoms in total. The zero-order valence-corrected chi connectivity index (χ0v) is 10.9. The third kappa shape index (κ3) is 2.87. The fourth-order valence-corrected chi connectivity index (χ4v) is 3.06. The molecule has 3 atom stereocenters. The first-order valence-electron chi connectivity index (χ1n) is 6.68. The van der Waals surface area contributed by atoms with E-state index in [2.05, 4.69) is 23.5 Å². The van der Waals surface area contributed by atoms with Crippen molar-refractivity contribution in [2.45, 2.75) is 45.1 Å². The maximum Gasteiger partial charge on any atom is 0.0947 e. The van der Waals surface area contributed by atoms with E-state index in [1.54, 1.807) is 0 Å². The van der Waals surface area contributed by atoms with Crippen molar-refractivity contribution < 1.29 is 0 Å². The van der Waals surface area contributed by atoms with Crippen molar-refractivity contribution in [2.75, 3.05) is 0 Å². The predicted octanol–water partition coefficient (Wildman–Crippen LogP) is 2.14. The summed E-state index contributed by atoms with van der Waals surface area (Å²) >= 11 is 0. The van der Waals surface area contributed by atoms with Crippen LogP contribution < -0.4 is 11.3 Å². The normalized spacial score (nSPS) is 27.0. The molecule has 4 heteroatoms. The van der Waals surface area contributed by atoms with Gasteiger partial charge in [-0.15, -0.1) is 0 Å². The molecule has 1 heterocycles. The number of imidazole rings is 1. The number of rotatable bonds is 4. The van der Waals surface area contributed by atoms with Crippen molar-refractivity contribution in [2.24, 2.45) is 24.7 Å². The third-order valence-electron chi connectivity index (χ3n) is 4.10. The van der Waals surface area contributed by atoms with Crippen molar-refractivity contribution in [3.63, 3.8) is 0 Å². The molecule has 1 aliphatic rings. The number of hydrogen-bond acceptors (Lipinski definition) is 3. The Labute approximate surface area is 104 Å². The zero-order chi connectivity index (χ0) is 12.3. The molecule has 1 aromatic rings. The van der Waals surface area contributed by atoms with Gasteiger partial charge in [-0.05, 0) is 24.7 Å². The summed E-state index contributed by atoms with van der Waals surface area (Å²) in [6.45, 7) is 2.29. The van der Waals surface area contributed by atoms with Gasteiger partial charge in [-0.1, -0.05) is 26.2 Å². The molecule has 3 N–H and O–H groups in total. The molecule has 0 bridgehead atoms. The van der Waals surface area contributed by atoms with Crippen molar-refractivity contribution in [3.05, 3.63) is 18.2 Å². The average Bonchev–Trinajstić information content (AvgIpc) is 2.77. The molecule has 1 aliphatic carbocycles. The molecular formula is C13H24N4. The maximum absolute atomic E-state index is 5.73. The predicted molar refractivity (Wildman–Crippen MR) is 69.0 cm³/mol. The summed E-state index contributed by atoms with van der Waals surface area (Å²) in [5.74, 6) is 7.23. The van der Waals surface area contributed by atoms with Crippen LogP contribution >= 0.6 is 0 Å². The van der Waals surface area contributed by atoms with Crippen LogP contribution in [0.25, 0.3) is 0 Å². The summed E-state index contributed by atoms with van der Waals surface area (Å²) in [6, 6.07) is 0.213. The Morgan fingerprint density at radius 1 is 1.59 bits per heavy atom. The minimum Gasteiger partial charge on any atom is -0.340 e. The van der Waals surface area contributed by atoms with E-state index >= 15 is 0 Å². The number of hydrogen-bond donors (Lipinski definition) is 2. The Balaban J connectivity index is 2.07. The quantitative estimate of drug-likeness (QED) is 0.622. The number of nitrogens with two attached hydrogens (primary N) is 1.